The summed E-state index contributed by atoms with van der Waals surface area (Å²) in [7, 11) is 0. The second kappa shape index (κ2) is 5.09. The molecule has 0 bridgehead atoms. The van der Waals surface area contributed by atoms with Gasteiger partial charge in [0.25, 0.3) is 0 Å². The van der Waals surface area contributed by atoms with E-state index in [4.69, 9.17) is 0 Å². The van der Waals surface area contributed by atoms with E-state index in [0.29, 0.717) is 6.42 Å². The first kappa shape index (κ1) is 11.1. The number of thiophene rings is 1. The average molecular weight is 330 g/mol. The molecule has 1 atom stereocenters. The van der Waals surface area contributed by atoms with Gasteiger partial charge in [0, 0.05) is 14.9 Å². The van der Waals surface area contributed by atoms with Crippen molar-refractivity contribution >= 4 is 33.9 Å². The van der Waals surface area contributed by atoms with E-state index in [1.165, 1.54) is 8.45 Å². The first-order valence-electron chi connectivity index (χ1n) is 4.71. The van der Waals surface area contributed by atoms with E-state index in [-0.39, 0.29) is 6.10 Å². The SMILES string of the molecule is OC(Cc1cccs1)c1ccc(I)cc1. The Labute approximate surface area is 107 Å². The molecule has 0 amide bonds. The largest absolute Gasteiger partial charge is 0.388 e. The first-order chi connectivity index (χ1) is 7.25. The molecule has 1 aromatic heterocycles. The molecule has 2 aromatic rings. The summed E-state index contributed by atoms with van der Waals surface area (Å²) in [6.07, 6.45) is 0.318. The highest BCUT2D eigenvalue weighted by Crippen LogP contribution is 2.21. The summed E-state index contributed by atoms with van der Waals surface area (Å²) in [6.45, 7) is 0. The van der Waals surface area contributed by atoms with Gasteiger partial charge in [-0.1, -0.05) is 18.2 Å². The van der Waals surface area contributed by atoms with Gasteiger partial charge in [-0.3, -0.25) is 0 Å². The number of aliphatic hydroxyl groups is 1. The molecule has 0 fully saturated rings. The fourth-order valence-corrected chi connectivity index (χ4v) is 2.52. The predicted octanol–water partition coefficient (Wildman–Crippen LogP) is 3.63. The van der Waals surface area contributed by atoms with Crippen LogP contribution in [-0.2, 0) is 6.42 Å². The van der Waals surface area contributed by atoms with Crippen LogP contribution in [-0.4, -0.2) is 5.11 Å². The van der Waals surface area contributed by atoms with Crippen molar-refractivity contribution in [2.24, 2.45) is 0 Å². The van der Waals surface area contributed by atoms with E-state index in [1.54, 1.807) is 11.3 Å². The summed E-state index contributed by atoms with van der Waals surface area (Å²) >= 11 is 3.95. The number of hydrogen-bond donors (Lipinski definition) is 1. The van der Waals surface area contributed by atoms with Gasteiger partial charge >= 0.3 is 0 Å². The molecule has 15 heavy (non-hydrogen) atoms. The van der Waals surface area contributed by atoms with Crippen LogP contribution in [0.3, 0.4) is 0 Å². The van der Waals surface area contributed by atoms with Gasteiger partial charge in [0.1, 0.15) is 0 Å². The maximum absolute atomic E-state index is 9.99. The van der Waals surface area contributed by atoms with Gasteiger partial charge in [0.2, 0.25) is 0 Å². The number of aliphatic hydroxyl groups excluding tert-OH is 1. The maximum atomic E-state index is 9.99. The molecule has 0 aliphatic carbocycles. The third-order valence-corrected chi connectivity index (χ3v) is 3.85. The van der Waals surface area contributed by atoms with Crippen LogP contribution in [0.4, 0.5) is 0 Å². The third kappa shape index (κ3) is 3.03. The second-order valence-electron chi connectivity index (χ2n) is 3.35. The molecule has 1 aromatic carbocycles. The fourth-order valence-electron chi connectivity index (χ4n) is 1.42. The van der Waals surface area contributed by atoms with Crippen LogP contribution in [0.25, 0.3) is 0 Å². The minimum Gasteiger partial charge on any atom is -0.388 e. The molecular weight excluding hydrogens is 319 g/mol. The highest BCUT2D eigenvalue weighted by Gasteiger charge is 2.08. The highest BCUT2D eigenvalue weighted by atomic mass is 127. The third-order valence-electron chi connectivity index (χ3n) is 2.23. The van der Waals surface area contributed by atoms with Crippen molar-refractivity contribution in [1.82, 2.24) is 0 Å². The van der Waals surface area contributed by atoms with Crippen molar-refractivity contribution in [3.05, 3.63) is 55.8 Å². The summed E-state index contributed by atoms with van der Waals surface area (Å²) in [5.41, 5.74) is 0.990. The molecule has 0 aliphatic heterocycles. The Morgan fingerprint density at radius 3 is 2.53 bits per heavy atom. The zero-order valence-corrected chi connectivity index (χ0v) is 11.0. The van der Waals surface area contributed by atoms with Crippen molar-refractivity contribution in [2.45, 2.75) is 12.5 Å². The zero-order valence-electron chi connectivity index (χ0n) is 8.06. The molecule has 0 saturated carbocycles. The number of hydrogen-bond acceptors (Lipinski definition) is 2. The highest BCUT2D eigenvalue weighted by molar-refractivity contribution is 14.1. The molecule has 1 heterocycles. The van der Waals surface area contributed by atoms with E-state index >= 15 is 0 Å². The van der Waals surface area contributed by atoms with Crippen molar-refractivity contribution in [3.8, 4) is 0 Å². The number of rotatable bonds is 3. The molecule has 3 heteroatoms. The van der Waals surface area contributed by atoms with Gasteiger partial charge in [-0.05, 0) is 51.7 Å². The summed E-state index contributed by atoms with van der Waals surface area (Å²) in [4.78, 5) is 1.22. The van der Waals surface area contributed by atoms with Gasteiger partial charge in [0.15, 0.2) is 0 Å². The Morgan fingerprint density at radius 1 is 1.20 bits per heavy atom. The lowest BCUT2D eigenvalue weighted by Gasteiger charge is -2.09. The van der Waals surface area contributed by atoms with Gasteiger partial charge in [0.05, 0.1) is 6.10 Å². The Hall–Kier alpha value is -0.390. The van der Waals surface area contributed by atoms with Gasteiger partial charge < -0.3 is 5.11 Å². The molecule has 1 unspecified atom stereocenters. The lowest BCUT2D eigenvalue weighted by molar-refractivity contribution is 0.179. The summed E-state index contributed by atoms with van der Waals surface area (Å²) in [6, 6.07) is 12.1. The molecule has 0 aliphatic rings. The smallest absolute Gasteiger partial charge is 0.0838 e. The predicted molar refractivity (Wildman–Crippen MR) is 72.1 cm³/mol. The average Bonchev–Trinajstić information content (AvgIpc) is 2.71. The van der Waals surface area contributed by atoms with E-state index < -0.39 is 0 Å². The minimum atomic E-state index is -0.388. The standard InChI is InChI=1S/C12H11IOS/c13-10-5-3-9(4-6-10)12(14)8-11-2-1-7-15-11/h1-7,12,14H,8H2. The van der Waals surface area contributed by atoms with Crippen molar-refractivity contribution in [2.75, 3.05) is 0 Å². The normalized spacial score (nSPS) is 12.7. The van der Waals surface area contributed by atoms with E-state index in [1.807, 2.05) is 35.7 Å². The summed E-state index contributed by atoms with van der Waals surface area (Å²) < 4.78 is 1.19. The van der Waals surface area contributed by atoms with Gasteiger partial charge in [-0.2, -0.15) is 0 Å². The first-order valence-corrected chi connectivity index (χ1v) is 6.67. The number of halogens is 1. The zero-order chi connectivity index (χ0) is 10.7. The minimum absolute atomic E-state index is 0.388. The lowest BCUT2D eigenvalue weighted by Crippen LogP contribution is -2.00. The van der Waals surface area contributed by atoms with Crippen LogP contribution in [0.2, 0.25) is 0 Å². The van der Waals surface area contributed by atoms with Crippen LogP contribution in [0.5, 0.6) is 0 Å². The van der Waals surface area contributed by atoms with E-state index in [9.17, 15) is 5.11 Å². The van der Waals surface area contributed by atoms with Crippen LogP contribution in [0, 0.1) is 3.57 Å². The topological polar surface area (TPSA) is 20.2 Å². The lowest BCUT2D eigenvalue weighted by atomic mass is 10.1. The maximum Gasteiger partial charge on any atom is 0.0838 e. The van der Waals surface area contributed by atoms with Crippen molar-refractivity contribution < 1.29 is 5.11 Å². The Balaban J connectivity index is 2.08. The molecular formula is C12H11IOS. The fraction of sp³-hybridized carbons (Fsp3) is 0.167. The van der Waals surface area contributed by atoms with E-state index in [0.717, 1.165) is 5.56 Å². The molecule has 0 spiro atoms. The second-order valence-corrected chi connectivity index (χ2v) is 5.63. The van der Waals surface area contributed by atoms with Crippen LogP contribution >= 0.6 is 33.9 Å². The molecule has 0 saturated heterocycles. The molecule has 1 N–H and O–H groups in total. The van der Waals surface area contributed by atoms with Crippen LogP contribution < -0.4 is 0 Å². The summed E-state index contributed by atoms with van der Waals surface area (Å²) in [5, 5.41) is 12.0. The quantitative estimate of drug-likeness (QED) is 0.852. The Kier molecular flexibility index (Phi) is 3.77. The molecule has 2 rings (SSSR count). The molecule has 1 nitrogen and oxygen atoms in total. The van der Waals surface area contributed by atoms with Crippen molar-refractivity contribution in [3.63, 3.8) is 0 Å². The number of benzene rings is 1. The van der Waals surface area contributed by atoms with Gasteiger partial charge in [-0.25, -0.2) is 0 Å². The monoisotopic (exact) mass is 330 g/mol. The Morgan fingerprint density at radius 2 is 1.93 bits per heavy atom. The van der Waals surface area contributed by atoms with Gasteiger partial charge in [-0.15, -0.1) is 11.3 Å². The molecule has 78 valence electrons. The van der Waals surface area contributed by atoms with E-state index in [2.05, 4.69) is 28.7 Å². The summed E-state index contributed by atoms with van der Waals surface area (Å²) in [5.74, 6) is 0. The van der Waals surface area contributed by atoms with Crippen LogP contribution in [0.15, 0.2) is 41.8 Å². The van der Waals surface area contributed by atoms with Crippen LogP contribution in [0.1, 0.15) is 16.5 Å². The molecule has 0 radical (unpaired) electrons. The van der Waals surface area contributed by atoms with Crippen molar-refractivity contribution in [1.29, 1.82) is 0 Å². The Bertz CT molecular complexity index is 408.